The third-order valence-electron chi connectivity index (χ3n) is 0.421. The molecule has 0 saturated carbocycles. The maximum absolute atomic E-state index is 8.17. The first-order chi connectivity index (χ1) is 3.81. The minimum atomic E-state index is -0.954. The number of aliphatic hydroxyl groups is 3. The molecule has 0 aliphatic rings. The van der Waals surface area contributed by atoms with Gasteiger partial charge in [-0.1, -0.05) is 0 Å². The number of aliphatic hydroxyl groups excluding tert-OH is 3. The molecule has 0 radical (unpaired) electrons. The monoisotopic (exact) mass is 162 g/mol. The van der Waals surface area contributed by atoms with Gasteiger partial charge in [-0.2, -0.15) is 0 Å². The first-order valence-electron chi connectivity index (χ1n) is 1.85. The molecule has 0 saturated heterocycles. The lowest BCUT2D eigenvalue weighted by molar-refractivity contribution is 0.0450. The predicted octanol–water partition coefficient (Wildman–Crippen LogP) is -0.289. The summed E-state index contributed by atoms with van der Waals surface area (Å²) in [6.45, 7) is -0.729. The van der Waals surface area contributed by atoms with Crippen LogP contribution in [0.25, 0.3) is 0 Å². The van der Waals surface area contributed by atoms with Gasteiger partial charge in [0.05, 0.1) is 13.2 Å². The second-order valence-electron chi connectivity index (χ2n) is 1.02. The lowest BCUT2D eigenvalue weighted by atomic mass is 10.4. The molecule has 5 heteroatoms. The number of hydrogen-bond donors (Lipinski definition) is 3. The molecule has 0 spiro atoms. The summed E-state index contributed by atoms with van der Waals surface area (Å²) in [6.07, 6.45) is -0.954. The first kappa shape index (κ1) is 11.3. The van der Waals surface area contributed by atoms with Crippen LogP contribution in [0.5, 0.6) is 0 Å². The van der Waals surface area contributed by atoms with Crippen molar-refractivity contribution in [1.82, 2.24) is 0 Å². The molecule has 0 unspecified atom stereocenters. The lowest BCUT2D eigenvalue weighted by Crippen LogP contribution is -2.15. The van der Waals surface area contributed by atoms with Gasteiger partial charge in [-0.15, -0.1) is 0 Å². The molecular weight excluding hydrogens is 155 g/mol. The summed E-state index contributed by atoms with van der Waals surface area (Å²) in [5.41, 5.74) is 0. The van der Waals surface area contributed by atoms with E-state index < -0.39 is 6.10 Å². The average molecular weight is 163 g/mol. The van der Waals surface area contributed by atoms with E-state index in [1.165, 1.54) is 0 Å². The van der Waals surface area contributed by atoms with Gasteiger partial charge in [0.1, 0.15) is 6.10 Å². The van der Waals surface area contributed by atoms with Crippen LogP contribution >= 0.6 is 21.7 Å². The van der Waals surface area contributed by atoms with Crippen LogP contribution in [0.1, 0.15) is 0 Å². The molecule has 0 heterocycles. The van der Waals surface area contributed by atoms with Gasteiger partial charge in [-0.25, -0.2) is 0 Å². The van der Waals surface area contributed by atoms with Gasteiger partial charge in [0.2, 0.25) is 0 Å². The Morgan fingerprint density at radius 1 is 1.12 bits per heavy atom. The number of rotatable bonds is 2. The van der Waals surface area contributed by atoms with Crippen LogP contribution in [-0.4, -0.2) is 34.6 Å². The fraction of sp³-hybridized carbons (Fsp3) is 1.00. The highest BCUT2D eigenvalue weighted by Crippen LogP contribution is 1.71. The summed E-state index contributed by atoms with van der Waals surface area (Å²) < 4.78 is 0. The molecule has 0 fully saturated rings. The quantitative estimate of drug-likeness (QED) is 0.524. The summed E-state index contributed by atoms with van der Waals surface area (Å²) >= 11 is 0. The highest BCUT2D eigenvalue weighted by Gasteiger charge is 1.93. The van der Waals surface area contributed by atoms with Crippen molar-refractivity contribution >= 4 is 21.7 Å². The van der Waals surface area contributed by atoms with Crippen LogP contribution in [0.15, 0.2) is 0 Å². The second-order valence-corrected chi connectivity index (χ2v) is 1.02. The molecule has 52 valence electrons. The molecule has 0 atom stereocenters. The summed E-state index contributed by atoms with van der Waals surface area (Å²) in [6, 6.07) is 0. The highest BCUT2D eigenvalue weighted by molar-refractivity contribution is 6.85. The molecule has 0 aromatic heterocycles. The second kappa shape index (κ2) is 10.4. The molecule has 0 amide bonds. The van der Waals surface area contributed by atoms with E-state index in [2.05, 4.69) is 21.7 Å². The molecule has 3 nitrogen and oxygen atoms in total. The summed E-state index contributed by atoms with van der Waals surface area (Å²) in [4.78, 5) is 0. The Labute approximate surface area is 57.1 Å². The van der Waals surface area contributed by atoms with Gasteiger partial charge in [0, 0.05) is 21.7 Å². The zero-order chi connectivity index (χ0) is 6.99. The normalized spacial score (nSPS) is 8.25. The minimum absolute atomic E-state index is 0.365. The SMILES string of the molecule is ClCl.OCC(O)CO. The first-order valence-corrected chi connectivity index (χ1v) is 2.99. The number of hydrogen-bond acceptors (Lipinski definition) is 3. The number of halogens is 2. The van der Waals surface area contributed by atoms with Gasteiger partial charge in [-0.3, -0.25) is 0 Å². The van der Waals surface area contributed by atoms with E-state index in [4.69, 9.17) is 15.3 Å². The average Bonchev–Trinajstić information content (AvgIpc) is 1.91. The molecular formula is C3H8Cl2O3. The lowest BCUT2D eigenvalue weighted by Gasteiger charge is -1.96. The van der Waals surface area contributed by atoms with E-state index in [1.807, 2.05) is 0 Å². The largest absolute Gasteiger partial charge is 0.394 e. The van der Waals surface area contributed by atoms with Crippen molar-refractivity contribution in [2.45, 2.75) is 6.10 Å². The standard InChI is InChI=1S/C3H8O3.Cl2/c4-1-3(6)2-5;1-2/h3-6H,1-2H2;. The Kier molecular flexibility index (Phi) is 14.7. The van der Waals surface area contributed by atoms with Crippen molar-refractivity contribution in [3.63, 3.8) is 0 Å². The smallest absolute Gasteiger partial charge is 0.100 e. The fourth-order valence-electron chi connectivity index (χ4n) is 0.0577. The van der Waals surface area contributed by atoms with Gasteiger partial charge < -0.3 is 15.3 Å². The molecule has 3 N–H and O–H groups in total. The van der Waals surface area contributed by atoms with Crippen LogP contribution in [0.2, 0.25) is 0 Å². The molecule has 0 aromatic carbocycles. The van der Waals surface area contributed by atoms with E-state index in [0.29, 0.717) is 0 Å². The van der Waals surface area contributed by atoms with Crippen molar-refractivity contribution in [3.05, 3.63) is 0 Å². The van der Waals surface area contributed by atoms with Crippen LogP contribution < -0.4 is 0 Å². The fourth-order valence-corrected chi connectivity index (χ4v) is 0.0577. The molecule has 8 heavy (non-hydrogen) atoms. The van der Waals surface area contributed by atoms with E-state index in [1.54, 1.807) is 0 Å². The Morgan fingerprint density at radius 3 is 1.38 bits per heavy atom. The van der Waals surface area contributed by atoms with Gasteiger partial charge in [0.15, 0.2) is 0 Å². The van der Waals surface area contributed by atoms with Crippen molar-refractivity contribution in [1.29, 1.82) is 0 Å². The van der Waals surface area contributed by atoms with Crippen LogP contribution in [-0.2, 0) is 0 Å². The zero-order valence-electron chi connectivity index (χ0n) is 4.09. The Bertz CT molecular complexity index is 31.7. The molecule has 0 rings (SSSR count). The van der Waals surface area contributed by atoms with E-state index in [-0.39, 0.29) is 13.2 Å². The summed E-state index contributed by atoms with van der Waals surface area (Å²) in [5.74, 6) is 0. The van der Waals surface area contributed by atoms with Gasteiger partial charge in [-0.05, 0) is 0 Å². The third-order valence-corrected chi connectivity index (χ3v) is 0.421. The van der Waals surface area contributed by atoms with Crippen molar-refractivity contribution in [3.8, 4) is 0 Å². The molecule has 0 bridgehead atoms. The van der Waals surface area contributed by atoms with Crippen LogP contribution in [0.3, 0.4) is 0 Å². The van der Waals surface area contributed by atoms with E-state index in [9.17, 15) is 0 Å². The van der Waals surface area contributed by atoms with Crippen LogP contribution in [0.4, 0.5) is 0 Å². The Morgan fingerprint density at radius 2 is 1.38 bits per heavy atom. The van der Waals surface area contributed by atoms with Crippen molar-refractivity contribution in [2.75, 3.05) is 13.2 Å². The minimum Gasteiger partial charge on any atom is -0.394 e. The maximum Gasteiger partial charge on any atom is 0.100 e. The zero-order valence-corrected chi connectivity index (χ0v) is 5.60. The Balaban J connectivity index is 0. The van der Waals surface area contributed by atoms with Gasteiger partial charge in [0.25, 0.3) is 0 Å². The van der Waals surface area contributed by atoms with E-state index >= 15 is 0 Å². The molecule has 0 aliphatic heterocycles. The van der Waals surface area contributed by atoms with Crippen molar-refractivity contribution in [2.24, 2.45) is 0 Å². The summed E-state index contributed by atoms with van der Waals surface area (Å²) in [5, 5.41) is 24.0. The third kappa shape index (κ3) is 9.68. The highest BCUT2D eigenvalue weighted by atomic mass is 36.5. The maximum atomic E-state index is 8.17. The van der Waals surface area contributed by atoms with Crippen molar-refractivity contribution < 1.29 is 15.3 Å². The predicted molar refractivity (Wildman–Crippen MR) is 31.9 cm³/mol. The van der Waals surface area contributed by atoms with Crippen LogP contribution in [0, 0.1) is 0 Å². The topological polar surface area (TPSA) is 60.7 Å². The summed E-state index contributed by atoms with van der Waals surface area (Å²) in [7, 11) is 8.22. The Hall–Kier alpha value is 0.460. The molecule has 0 aromatic rings. The molecule has 0 aliphatic carbocycles. The van der Waals surface area contributed by atoms with Gasteiger partial charge >= 0.3 is 0 Å². The van der Waals surface area contributed by atoms with E-state index in [0.717, 1.165) is 0 Å².